The summed E-state index contributed by atoms with van der Waals surface area (Å²) in [6.45, 7) is 10.7. The smallest absolute Gasteiger partial charge is 0.336 e. The lowest BCUT2D eigenvalue weighted by atomic mass is 9.76. The van der Waals surface area contributed by atoms with Crippen molar-refractivity contribution in [2.45, 2.75) is 36.8 Å². The molecule has 2 aliphatic carbocycles. The molecule has 0 aromatic heterocycles. The van der Waals surface area contributed by atoms with Crippen LogP contribution >= 0.6 is 11.6 Å². The van der Waals surface area contributed by atoms with Crippen molar-refractivity contribution in [3.8, 4) is 0 Å². The molecule has 7 nitrogen and oxygen atoms in total. The van der Waals surface area contributed by atoms with Crippen molar-refractivity contribution in [2.24, 2.45) is 17.8 Å². The van der Waals surface area contributed by atoms with Crippen molar-refractivity contribution in [1.82, 2.24) is 0 Å². The number of rotatable bonds is 4. The van der Waals surface area contributed by atoms with Gasteiger partial charge < -0.3 is 24.8 Å². The van der Waals surface area contributed by atoms with E-state index >= 15 is 0 Å². The molecule has 3 rings (SSSR count). The molecule has 0 unspecified atom stereocenters. The predicted molar refractivity (Wildman–Crippen MR) is 95.6 cm³/mol. The number of halogens is 1. The first-order valence-electron chi connectivity index (χ1n) is 8.69. The third-order valence-corrected chi connectivity index (χ3v) is 6.45. The molecule has 2 saturated carbocycles. The first-order chi connectivity index (χ1) is 12.7. The van der Waals surface area contributed by atoms with Crippen LogP contribution in [0, 0.1) is 17.8 Å². The van der Waals surface area contributed by atoms with Gasteiger partial charge in [0.25, 0.3) is 0 Å². The summed E-state index contributed by atoms with van der Waals surface area (Å²) in [6.07, 6.45) is -2.37. The van der Waals surface area contributed by atoms with E-state index in [1.54, 1.807) is 0 Å². The molecule has 0 spiro atoms. The molecule has 1 aliphatic heterocycles. The summed E-state index contributed by atoms with van der Waals surface area (Å²) >= 11 is 5.98. The Labute approximate surface area is 161 Å². The maximum Gasteiger partial charge on any atom is 0.336 e. The average Bonchev–Trinajstić information content (AvgIpc) is 3.03. The topological polar surface area (TPSA) is 113 Å². The number of carbonyl (C=O) groups is 2. The van der Waals surface area contributed by atoms with Gasteiger partial charge in [0.1, 0.15) is 17.8 Å². The Morgan fingerprint density at radius 3 is 2.67 bits per heavy atom. The van der Waals surface area contributed by atoms with Crippen molar-refractivity contribution in [3.05, 3.63) is 36.5 Å². The summed E-state index contributed by atoms with van der Waals surface area (Å²) in [5.74, 6) is -3.46. The van der Waals surface area contributed by atoms with Crippen LogP contribution in [0.1, 0.15) is 12.8 Å². The number of carbonyl (C=O) groups excluding carboxylic acids is 2. The van der Waals surface area contributed by atoms with Gasteiger partial charge in [0.15, 0.2) is 0 Å². The maximum absolute atomic E-state index is 12.2. The average molecular weight is 399 g/mol. The maximum atomic E-state index is 12.2. The van der Waals surface area contributed by atoms with Gasteiger partial charge in [-0.05, 0) is 12.3 Å². The number of aliphatic hydroxyl groups excluding tert-OH is 2. The van der Waals surface area contributed by atoms with Crippen LogP contribution in [0.15, 0.2) is 36.5 Å². The first-order valence-corrected chi connectivity index (χ1v) is 9.22. The summed E-state index contributed by atoms with van der Waals surface area (Å²) < 4.78 is 11.0. The number of alkyl halides is 1. The van der Waals surface area contributed by atoms with E-state index in [-0.39, 0.29) is 35.8 Å². The van der Waals surface area contributed by atoms with E-state index in [0.29, 0.717) is 5.57 Å². The molecule has 0 bridgehead atoms. The van der Waals surface area contributed by atoms with Gasteiger partial charge >= 0.3 is 11.9 Å². The number of fused-ring (bicyclic) bond motifs is 3. The van der Waals surface area contributed by atoms with E-state index in [2.05, 4.69) is 19.7 Å². The normalized spacial score (nSPS) is 40.8. The fourth-order valence-corrected chi connectivity index (χ4v) is 4.91. The van der Waals surface area contributed by atoms with Crippen molar-refractivity contribution >= 4 is 23.5 Å². The fraction of sp³-hybridized carbons (Fsp3) is 0.579. The van der Waals surface area contributed by atoms with E-state index < -0.39 is 54.3 Å². The fourth-order valence-electron chi connectivity index (χ4n) is 4.55. The molecule has 3 aliphatic rings. The van der Waals surface area contributed by atoms with E-state index in [1.165, 1.54) is 0 Å². The Hall–Kier alpha value is -1.67. The van der Waals surface area contributed by atoms with Crippen LogP contribution in [0.2, 0.25) is 0 Å². The molecule has 1 saturated heterocycles. The van der Waals surface area contributed by atoms with E-state index in [0.717, 1.165) is 0 Å². The summed E-state index contributed by atoms with van der Waals surface area (Å²) in [5.41, 5.74) is -1.01. The van der Waals surface area contributed by atoms with Gasteiger partial charge in [-0.1, -0.05) is 25.3 Å². The third kappa shape index (κ3) is 3.02. The molecule has 0 amide bonds. The van der Waals surface area contributed by atoms with Gasteiger partial charge in [-0.25, -0.2) is 9.59 Å². The lowest BCUT2D eigenvalue weighted by Crippen LogP contribution is -2.52. The third-order valence-electron chi connectivity index (χ3n) is 6.02. The largest absolute Gasteiger partial charge is 0.458 e. The zero-order valence-corrected chi connectivity index (χ0v) is 15.5. The molecule has 8 heteroatoms. The van der Waals surface area contributed by atoms with Gasteiger partial charge in [-0.2, -0.15) is 0 Å². The lowest BCUT2D eigenvalue weighted by Gasteiger charge is -2.37. The number of aliphatic hydroxyl groups is 3. The van der Waals surface area contributed by atoms with Crippen molar-refractivity contribution in [1.29, 1.82) is 0 Å². The minimum Gasteiger partial charge on any atom is -0.458 e. The highest BCUT2D eigenvalue weighted by molar-refractivity contribution is 6.18. The Bertz CT molecular complexity index is 717. The van der Waals surface area contributed by atoms with E-state index in [1.807, 2.05) is 0 Å². The van der Waals surface area contributed by atoms with Gasteiger partial charge in [0, 0.05) is 17.9 Å². The summed E-state index contributed by atoms with van der Waals surface area (Å²) in [5, 5.41) is 30.5. The molecule has 148 valence electrons. The SMILES string of the molecule is C=C(CO)C(=O)O[C@H]1CC(=C)[C@@H]2C[C@H](O)[C@](O)(CCl)[C@@H]2[C@H]2OC(=O)C(=C)[C@@H]21. The second-order valence-electron chi connectivity index (χ2n) is 7.50. The highest BCUT2D eigenvalue weighted by atomic mass is 35.5. The first kappa shape index (κ1) is 20.1. The predicted octanol–water partition coefficient (Wildman–Crippen LogP) is 0.471. The number of hydrogen-bond acceptors (Lipinski definition) is 7. The highest BCUT2D eigenvalue weighted by Gasteiger charge is 2.64. The number of ether oxygens (including phenoxy) is 2. The Balaban J connectivity index is 2.01. The second kappa shape index (κ2) is 7.05. The number of hydrogen-bond donors (Lipinski definition) is 3. The standard InChI is InChI=1S/C19H23ClO7/c1-8-4-12(26-17(23)9(2)6-21)14-10(3)18(24)27-16(14)15-11(8)5-13(22)19(15,25)7-20/h11-16,21-22,25H,1-7H2/t11-,12-,13-,14+,15-,16-,19+/m0/s1. The van der Waals surface area contributed by atoms with Crippen molar-refractivity contribution in [2.75, 3.05) is 12.5 Å². The molecule has 7 atom stereocenters. The van der Waals surface area contributed by atoms with Crippen LogP contribution < -0.4 is 0 Å². The molecular weight excluding hydrogens is 376 g/mol. The lowest BCUT2D eigenvalue weighted by molar-refractivity contribution is -0.155. The summed E-state index contributed by atoms with van der Waals surface area (Å²) in [4.78, 5) is 24.3. The molecule has 0 aromatic rings. The summed E-state index contributed by atoms with van der Waals surface area (Å²) in [6, 6.07) is 0. The van der Waals surface area contributed by atoms with Crippen LogP contribution in [-0.2, 0) is 19.1 Å². The van der Waals surface area contributed by atoms with Gasteiger partial charge in [0.05, 0.1) is 30.1 Å². The molecule has 0 aromatic carbocycles. The van der Waals surface area contributed by atoms with Crippen molar-refractivity contribution < 1.29 is 34.4 Å². The van der Waals surface area contributed by atoms with E-state index in [4.69, 9.17) is 26.2 Å². The zero-order valence-electron chi connectivity index (χ0n) is 14.8. The van der Waals surface area contributed by atoms with Crippen molar-refractivity contribution in [3.63, 3.8) is 0 Å². The Kier molecular flexibility index (Phi) is 5.24. The quantitative estimate of drug-likeness (QED) is 0.273. The molecular formula is C19H23ClO7. The molecule has 0 radical (unpaired) electrons. The Morgan fingerprint density at radius 1 is 1.41 bits per heavy atom. The van der Waals surface area contributed by atoms with Crippen LogP contribution in [0.5, 0.6) is 0 Å². The molecule has 3 fully saturated rings. The van der Waals surface area contributed by atoms with Crippen LogP contribution in [0.25, 0.3) is 0 Å². The monoisotopic (exact) mass is 398 g/mol. The second-order valence-corrected chi connectivity index (χ2v) is 7.76. The number of esters is 2. The van der Waals surface area contributed by atoms with Gasteiger partial charge in [-0.3, -0.25) is 0 Å². The van der Waals surface area contributed by atoms with Crippen LogP contribution in [0.4, 0.5) is 0 Å². The molecule has 1 heterocycles. The Morgan fingerprint density at radius 2 is 2.07 bits per heavy atom. The highest BCUT2D eigenvalue weighted by Crippen LogP contribution is 2.55. The molecule has 27 heavy (non-hydrogen) atoms. The summed E-state index contributed by atoms with van der Waals surface area (Å²) in [7, 11) is 0. The van der Waals surface area contributed by atoms with Gasteiger partial charge in [0.2, 0.25) is 0 Å². The minimum absolute atomic E-state index is 0.120. The minimum atomic E-state index is -1.67. The van der Waals surface area contributed by atoms with Gasteiger partial charge in [-0.15, -0.1) is 11.6 Å². The zero-order chi connectivity index (χ0) is 20.1. The van der Waals surface area contributed by atoms with Crippen LogP contribution in [-0.4, -0.2) is 63.7 Å². The van der Waals surface area contributed by atoms with Crippen LogP contribution in [0.3, 0.4) is 0 Å². The molecule has 3 N–H and O–H groups in total. The van der Waals surface area contributed by atoms with E-state index in [9.17, 15) is 19.8 Å².